The molecule has 0 aliphatic rings. The molecule has 2 N–H and O–H groups in total. The van der Waals surface area contributed by atoms with Gasteiger partial charge in [0.15, 0.2) is 0 Å². The summed E-state index contributed by atoms with van der Waals surface area (Å²) in [5.41, 5.74) is 5.27. The van der Waals surface area contributed by atoms with E-state index < -0.39 is 11.5 Å². The van der Waals surface area contributed by atoms with Crippen molar-refractivity contribution in [3.63, 3.8) is 0 Å². The zero-order valence-electron chi connectivity index (χ0n) is 9.14. The highest BCUT2D eigenvalue weighted by atomic mass is 16.5. The van der Waals surface area contributed by atoms with Gasteiger partial charge in [0.05, 0.1) is 12.5 Å². The minimum absolute atomic E-state index is 0.101. The zero-order chi connectivity index (χ0) is 12.0. The Labute approximate surface area is 94.6 Å². The van der Waals surface area contributed by atoms with E-state index in [-0.39, 0.29) is 13.0 Å². The molecule has 0 aliphatic heterocycles. The summed E-state index contributed by atoms with van der Waals surface area (Å²) in [5, 5.41) is 8.65. The molecule has 4 heteroatoms. The number of nitrogens with two attached hydrogens (primary N) is 1. The first-order valence-electron chi connectivity index (χ1n) is 4.93. The molecule has 0 aromatic heterocycles. The average Bonchev–Trinajstić information content (AvgIpc) is 2.27. The van der Waals surface area contributed by atoms with Crippen molar-refractivity contribution in [2.24, 2.45) is 5.73 Å². The van der Waals surface area contributed by atoms with Crippen LogP contribution < -0.4 is 5.73 Å². The summed E-state index contributed by atoms with van der Waals surface area (Å²) >= 11 is 0. The first kappa shape index (κ1) is 12.2. The highest BCUT2D eigenvalue weighted by molar-refractivity contribution is 5.71. The van der Waals surface area contributed by atoms with Gasteiger partial charge in [-0.05, 0) is 12.5 Å². The predicted octanol–water partition coefficient (Wildman–Crippen LogP) is 1.36. The third-order valence-electron chi connectivity index (χ3n) is 2.01. The summed E-state index contributed by atoms with van der Waals surface area (Å²) in [6.45, 7) is 1.71. The van der Waals surface area contributed by atoms with Gasteiger partial charge < -0.3 is 10.5 Å². The molecule has 1 unspecified atom stereocenters. The molecular formula is C12H14N2O2. The maximum atomic E-state index is 11.3. The molecule has 16 heavy (non-hydrogen) atoms. The maximum Gasteiger partial charge on any atom is 0.309 e. The molecule has 0 aliphatic carbocycles. The van der Waals surface area contributed by atoms with Crippen LogP contribution in [0.1, 0.15) is 18.9 Å². The van der Waals surface area contributed by atoms with Crippen molar-refractivity contribution in [1.82, 2.24) is 0 Å². The lowest BCUT2D eigenvalue weighted by Gasteiger charge is -2.13. The fourth-order valence-corrected chi connectivity index (χ4v) is 1.13. The van der Waals surface area contributed by atoms with Crippen molar-refractivity contribution in [2.75, 3.05) is 0 Å². The van der Waals surface area contributed by atoms with Gasteiger partial charge in [-0.25, -0.2) is 0 Å². The maximum absolute atomic E-state index is 11.3. The van der Waals surface area contributed by atoms with E-state index in [9.17, 15) is 4.79 Å². The number of hydrogen-bond acceptors (Lipinski definition) is 4. The van der Waals surface area contributed by atoms with Crippen LogP contribution in [0.25, 0.3) is 0 Å². The van der Waals surface area contributed by atoms with Crippen LogP contribution in [-0.2, 0) is 16.1 Å². The summed E-state index contributed by atoms with van der Waals surface area (Å²) in [6.07, 6.45) is -0.101. The van der Waals surface area contributed by atoms with Crippen molar-refractivity contribution in [3.8, 4) is 6.07 Å². The van der Waals surface area contributed by atoms with Gasteiger partial charge in [0.1, 0.15) is 12.1 Å². The average molecular weight is 218 g/mol. The molecule has 0 heterocycles. The minimum Gasteiger partial charge on any atom is -0.461 e. The normalized spacial score (nSPS) is 13.6. The molecule has 0 fully saturated rings. The van der Waals surface area contributed by atoms with Crippen molar-refractivity contribution in [1.29, 1.82) is 5.26 Å². The second-order valence-electron chi connectivity index (χ2n) is 3.85. The molecule has 0 saturated heterocycles. The Balaban J connectivity index is 2.40. The van der Waals surface area contributed by atoms with E-state index in [0.717, 1.165) is 5.56 Å². The van der Waals surface area contributed by atoms with Gasteiger partial charge in [-0.15, -0.1) is 0 Å². The van der Waals surface area contributed by atoms with Crippen molar-refractivity contribution >= 4 is 5.97 Å². The lowest BCUT2D eigenvalue weighted by molar-refractivity contribution is -0.145. The first-order valence-corrected chi connectivity index (χ1v) is 4.93. The van der Waals surface area contributed by atoms with Crippen LogP contribution in [0.5, 0.6) is 0 Å². The number of nitriles is 1. The van der Waals surface area contributed by atoms with E-state index >= 15 is 0 Å². The predicted molar refractivity (Wildman–Crippen MR) is 59.1 cm³/mol. The van der Waals surface area contributed by atoms with Gasteiger partial charge >= 0.3 is 5.97 Å². The number of hydrogen-bond donors (Lipinski definition) is 1. The van der Waals surface area contributed by atoms with Crippen LogP contribution >= 0.6 is 0 Å². The molecule has 1 rings (SSSR count). The summed E-state index contributed by atoms with van der Waals surface area (Å²) in [7, 11) is 0. The first-order chi connectivity index (χ1) is 7.53. The van der Waals surface area contributed by atoms with Crippen LogP contribution in [0.4, 0.5) is 0 Å². The molecule has 4 nitrogen and oxygen atoms in total. The van der Waals surface area contributed by atoms with Crippen LogP contribution in [0.2, 0.25) is 0 Å². The molecular weight excluding hydrogens is 204 g/mol. The van der Waals surface area contributed by atoms with E-state index in [1.165, 1.54) is 6.92 Å². The van der Waals surface area contributed by atoms with E-state index in [1.807, 2.05) is 36.4 Å². The van der Waals surface area contributed by atoms with Crippen LogP contribution in [0.15, 0.2) is 30.3 Å². The molecule has 1 aromatic carbocycles. The van der Waals surface area contributed by atoms with Crippen LogP contribution in [-0.4, -0.2) is 11.5 Å². The zero-order valence-corrected chi connectivity index (χ0v) is 9.14. The molecule has 0 spiro atoms. The Bertz CT molecular complexity index is 393. The van der Waals surface area contributed by atoms with Crippen LogP contribution in [0.3, 0.4) is 0 Å². The number of nitrogens with zero attached hydrogens (tertiary/aromatic N) is 1. The topological polar surface area (TPSA) is 76.1 Å². The minimum atomic E-state index is -1.16. The number of rotatable bonds is 4. The van der Waals surface area contributed by atoms with Gasteiger partial charge in [0, 0.05) is 0 Å². The molecule has 0 saturated carbocycles. The van der Waals surface area contributed by atoms with E-state index in [2.05, 4.69) is 0 Å². The molecule has 1 aromatic rings. The monoisotopic (exact) mass is 218 g/mol. The van der Waals surface area contributed by atoms with Gasteiger partial charge in [-0.1, -0.05) is 30.3 Å². The molecule has 84 valence electrons. The number of carbonyl (C=O) groups is 1. The van der Waals surface area contributed by atoms with E-state index in [1.54, 1.807) is 0 Å². The lowest BCUT2D eigenvalue weighted by Crippen LogP contribution is -2.37. The third-order valence-corrected chi connectivity index (χ3v) is 2.01. The van der Waals surface area contributed by atoms with Gasteiger partial charge in [0.25, 0.3) is 0 Å². The number of ether oxygens (including phenoxy) is 1. The van der Waals surface area contributed by atoms with Gasteiger partial charge in [-0.2, -0.15) is 5.26 Å². The van der Waals surface area contributed by atoms with Gasteiger partial charge in [-0.3, -0.25) is 4.79 Å². The Hall–Kier alpha value is -1.86. The van der Waals surface area contributed by atoms with E-state index in [0.29, 0.717) is 0 Å². The quantitative estimate of drug-likeness (QED) is 0.774. The Morgan fingerprint density at radius 3 is 2.69 bits per heavy atom. The third kappa shape index (κ3) is 4.11. The Morgan fingerprint density at radius 1 is 1.50 bits per heavy atom. The van der Waals surface area contributed by atoms with Gasteiger partial charge in [0.2, 0.25) is 0 Å². The van der Waals surface area contributed by atoms with E-state index in [4.69, 9.17) is 15.7 Å². The number of carbonyl (C=O) groups excluding carboxylic acids is 1. The summed E-state index contributed by atoms with van der Waals surface area (Å²) in [4.78, 5) is 11.3. The van der Waals surface area contributed by atoms with Crippen molar-refractivity contribution < 1.29 is 9.53 Å². The van der Waals surface area contributed by atoms with Crippen molar-refractivity contribution in [2.45, 2.75) is 25.5 Å². The number of esters is 1. The fraction of sp³-hybridized carbons (Fsp3) is 0.333. The molecule has 0 radical (unpaired) electrons. The summed E-state index contributed by atoms with van der Waals surface area (Å²) < 4.78 is 5.00. The highest BCUT2D eigenvalue weighted by Crippen LogP contribution is 2.07. The molecule has 0 amide bonds. The number of benzene rings is 1. The Kier molecular flexibility index (Phi) is 4.03. The summed E-state index contributed by atoms with van der Waals surface area (Å²) in [5.74, 6) is -0.463. The molecule has 1 atom stereocenters. The molecule has 0 bridgehead atoms. The lowest BCUT2D eigenvalue weighted by atomic mass is 10.0. The summed E-state index contributed by atoms with van der Waals surface area (Å²) in [6, 6.07) is 11.2. The second kappa shape index (κ2) is 5.29. The highest BCUT2D eigenvalue weighted by Gasteiger charge is 2.22. The SMILES string of the molecule is CC(N)(C#N)CC(=O)OCc1ccccc1. The smallest absolute Gasteiger partial charge is 0.309 e. The Morgan fingerprint density at radius 2 is 2.12 bits per heavy atom. The standard InChI is InChI=1S/C12H14N2O2/c1-12(14,9-13)7-11(15)16-8-10-5-3-2-4-6-10/h2-6H,7-8,14H2,1H3. The fourth-order valence-electron chi connectivity index (χ4n) is 1.13. The second-order valence-corrected chi connectivity index (χ2v) is 3.85. The van der Waals surface area contributed by atoms with Crippen molar-refractivity contribution in [3.05, 3.63) is 35.9 Å². The largest absolute Gasteiger partial charge is 0.461 e. The van der Waals surface area contributed by atoms with Crippen LogP contribution in [0, 0.1) is 11.3 Å².